The summed E-state index contributed by atoms with van der Waals surface area (Å²) < 4.78 is 13.6. The van der Waals surface area contributed by atoms with Crippen molar-refractivity contribution in [2.75, 3.05) is 6.26 Å². The van der Waals surface area contributed by atoms with E-state index in [0.29, 0.717) is 0 Å². The molecule has 3 nitrogen and oxygen atoms in total. The van der Waals surface area contributed by atoms with E-state index in [9.17, 15) is 4.21 Å². The number of fused-ring (bicyclic) bond motifs is 1. The smallest absolute Gasteiger partial charge is 0.0496 e. The second-order valence-electron chi connectivity index (χ2n) is 4.68. The van der Waals surface area contributed by atoms with E-state index in [1.807, 2.05) is 6.92 Å². The molecule has 0 amide bonds. The minimum absolute atomic E-state index is 0.201. The molecule has 0 radical (unpaired) electrons. The van der Waals surface area contributed by atoms with Crippen molar-refractivity contribution in [3.05, 3.63) is 23.5 Å². The van der Waals surface area contributed by atoms with Gasteiger partial charge in [0.2, 0.25) is 0 Å². The van der Waals surface area contributed by atoms with Crippen LogP contribution in [0.4, 0.5) is 0 Å². The molecule has 3 unspecified atom stereocenters. The van der Waals surface area contributed by atoms with Gasteiger partial charge in [-0.2, -0.15) is 0 Å². The van der Waals surface area contributed by atoms with Gasteiger partial charge in [0.25, 0.3) is 0 Å². The average Bonchev–Trinajstić information content (AvgIpc) is 2.63. The molecule has 1 aliphatic carbocycles. The third-order valence-electron chi connectivity index (χ3n) is 3.46. The maximum absolute atomic E-state index is 11.4. The minimum Gasteiger partial charge on any atom is -0.350 e. The molecule has 16 heavy (non-hydrogen) atoms. The zero-order chi connectivity index (χ0) is 11.7. The highest BCUT2D eigenvalue weighted by molar-refractivity contribution is 7.84. The van der Waals surface area contributed by atoms with Crippen LogP contribution >= 0.6 is 0 Å². The first kappa shape index (κ1) is 11.9. The van der Waals surface area contributed by atoms with Gasteiger partial charge in [0.05, 0.1) is 0 Å². The summed E-state index contributed by atoms with van der Waals surface area (Å²) in [6, 6.07) is 2.33. The molecule has 3 atom stereocenters. The standard InChI is InChI=1S/C12H20N2OS/c1-9(16(2)15)8-14-7-6-10-11(13)4-3-5-12(10)14/h6-7,9,11H,3-5,8,13H2,1-2H3. The predicted molar refractivity (Wildman–Crippen MR) is 67.8 cm³/mol. The van der Waals surface area contributed by atoms with Gasteiger partial charge in [-0.25, -0.2) is 0 Å². The Bertz CT molecular complexity index is 400. The van der Waals surface area contributed by atoms with Gasteiger partial charge in [-0.1, -0.05) is 0 Å². The van der Waals surface area contributed by atoms with Crippen LogP contribution < -0.4 is 5.73 Å². The summed E-state index contributed by atoms with van der Waals surface area (Å²) in [6.07, 6.45) is 7.23. The van der Waals surface area contributed by atoms with Crippen LogP contribution in [0, 0.1) is 0 Å². The minimum atomic E-state index is -0.757. The summed E-state index contributed by atoms with van der Waals surface area (Å²) in [5, 5.41) is 0.203. The Hall–Kier alpha value is -0.610. The zero-order valence-corrected chi connectivity index (χ0v) is 10.8. The van der Waals surface area contributed by atoms with Crippen LogP contribution in [0.5, 0.6) is 0 Å². The van der Waals surface area contributed by atoms with E-state index >= 15 is 0 Å². The number of nitrogens with two attached hydrogens (primary N) is 1. The van der Waals surface area contributed by atoms with E-state index in [-0.39, 0.29) is 11.3 Å². The molecule has 2 rings (SSSR count). The van der Waals surface area contributed by atoms with Crippen molar-refractivity contribution in [2.24, 2.45) is 5.73 Å². The normalized spacial score (nSPS) is 23.8. The Morgan fingerprint density at radius 3 is 3.12 bits per heavy atom. The van der Waals surface area contributed by atoms with Crippen molar-refractivity contribution < 1.29 is 4.21 Å². The van der Waals surface area contributed by atoms with Crippen LogP contribution in [0.1, 0.15) is 37.1 Å². The molecular weight excluding hydrogens is 220 g/mol. The molecule has 0 saturated heterocycles. The molecule has 1 aliphatic rings. The van der Waals surface area contributed by atoms with Crippen molar-refractivity contribution in [3.8, 4) is 0 Å². The Labute approximate surface area is 99.5 Å². The molecule has 90 valence electrons. The van der Waals surface area contributed by atoms with Crippen LogP contribution in [0.25, 0.3) is 0 Å². The first-order valence-electron chi connectivity index (χ1n) is 5.85. The number of nitrogens with zero attached hydrogens (tertiary/aromatic N) is 1. The molecule has 0 aromatic carbocycles. The van der Waals surface area contributed by atoms with Crippen molar-refractivity contribution in [1.82, 2.24) is 4.57 Å². The Kier molecular flexibility index (Phi) is 3.50. The second kappa shape index (κ2) is 4.72. The van der Waals surface area contributed by atoms with Gasteiger partial charge >= 0.3 is 0 Å². The summed E-state index contributed by atoms with van der Waals surface area (Å²) in [6.45, 7) is 2.87. The highest BCUT2D eigenvalue weighted by Crippen LogP contribution is 2.28. The van der Waals surface area contributed by atoms with E-state index in [2.05, 4.69) is 16.8 Å². The third-order valence-corrected chi connectivity index (χ3v) is 4.74. The molecule has 1 aromatic heterocycles. The highest BCUT2D eigenvalue weighted by atomic mass is 32.2. The molecule has 0 bridgehead atoms. The molecule has 0 aliphatic heterocycles. The number of aromatic nitrogens is 1. The van der Waals surface area contributed by atoms with Gasteiger partial charge < -0.3 is 10.3 Å². The van der Waals surface area contributed by atoms with Crippen molar-refractivity contribution in [1.29, 1.82) is 0 Å². The Morgan fingerprint density at radius 2 is 2.44 bits per heavy atom. The predicted octanol–water partition coefficient (Wildman–Crippen LogP) is 1.59. The molecule has 1 heterocycles. The lowest BCUT2D eigenvalue weighted by Gasteiger charge is -2.21. The number of rotatable bonds is 3. The highest BCUT2D eigenvalue weighted by Gasteiger charge is 2.21. The molecule has 2 N–H and O–H groups in total. The zero-order valence-electron chi connectivity index (χ0n) is 9.98. The lowest BCUT2D eigenvalue weighted by Crippen LogP contribution is -2.22. The molecule has 0 spiro atoms. The first-order chi connectivity index (χ1) is 7.59. The van der Waals surface area contributed by atoms with Crippen LogP contribution in [0.2, 0.25) is 0 Å². The fourth-order valence-corrected chi connectivity index (χ4v) is 2.72. The SMILES string of the molecule is CC(Cn1ccc2c1CCCC2N)S(C)=O. The average molecular weight is 240 g/mol. The summed E-state index contributed by atoms with van der Waals surface area (Å²) in [4.78, 5) is 0. The Morgan fingerprint density at radius 1 is 1.69 bits per heavy atom. The third kappa shape index (κ3) is 2.23. The van der Waals surface area contributed by atoms with Gasteiger partial charge in [-0.3, -0.25) is 4.21 Å². The van der Waals surface area contributed by atoms with E-state index < -0.39 is 10.8 Å². The Balaban J connectivity index is 2.20. The molecule has 0 fully saturated rings. The lowest BCUT2D eigenvalue weighted by molar-refractivity contribution is 0.536. The van der Waals surface area contributed by atoms with E-state index in [1.165, 1.54) is 17.7 Å². The first-order valence-corrected chi connectivity index (χ1v) is 7.47. The largest absolute Gasteiger partial charge is 0.350 e. The fraction of sp³-hybridized carbons (Fsp3) is 0.667. The maximum atomic E-state index is 11.4. The van der Waals surface area contributed by atoms with Crippen LogP contribution in [-0.4, -0.2) is 20.3 Å². The van der Waals surface area contributed by atoms with Crippen molar-refractivity contribution >= 4 is 10.8 Å². The molecule has 4 heteroatoms. The molecule has 1 aromatic rings. The maximum Gasteiger partial charge on any atom is 0.0496 e. The van der Waals surface area contributed by atoms with Gasteiger partial charge in [-0.15, -0.1) is 0 Å². The molecular formula is C12H20N2OS. The van der Waals surface area contributed by atoms with Gasteiger partial charge in [0.1, 0.15) is 0 Å². The summed E-state index contributed by atoms with van der Waals surface area (Å²) >= 11 is 0. The quantitative estimate of drug-likeness (QED) is 0.872. The van der Waals surface area contributed by atoms with E-state index in [4.69, 9.17) is 5.73 Å². The number of hydrogen-bond acceptors (Lipinski definition) is 2. The fourth-order valence-electron chi connectivity index (χ4n) is 2.35. The summed E-state index contributed by atoms with van der Waals surface area (Å²) in [5.74, 6) is 0. The van der Waals surface area contributed by atoms with Crippen LogP contribution in [0.3, 0.4) is 0 Å². The molecule has 0 saturated carbocycles. The van der Waals surface area contributed by atoms with Crippen molar-refractivity contribution in [3.63, 3.8) is 0 Å². The van der Waals surface area contributed by atoms with Crippen molar-refractivity contribution in [2.45, 2.75) is 44.0 Å². The second-order valence-corrected chi connectivity index (χ2v) is 6.48. The monoisotopic (exact) mass is 240 g/mol. The summed E-state index contributed by atoms with van der Waals surface area (Å²) in [7, 11) is -0.757. The topological polar surface area (TPSA) is 48.0 Å². The van der Waals surface area contributed by atoms with Crippen LogP contribution in [0.15, 0.2) is 12.3 Å². The van der Waals surface area contributed by atoms with E-state index in [1.54, 1.807) is 6.26 Å². The van der Waals surface area contributed by atoms with Crippen LogP contribution in [-0.2, 0) is 23.8 Å². The summed E-state index contributed by atoms with van der Waals surface area (Å²) in [5.41, 5.74) is 8.73. The number of hydrogen-bond donors (Lipinski definition) is 1. The van der Waals surface area contributed by atoms with Gasteiger partial charge in [0.15, 0.2) is 0 Å². The van der Waals surface area contributed by atoms with Gasteiger partial charge in [-0.05, 0) is 37.8 Å². The van der Waals surface area contributed by atoms with Gasteiger partial charge in [0, 0.05) is 46.8 Å². The van der Waals surface area contributed by atoms with E-state index in [0.717, 1.165) is 19.4 Å². The lowest BCUT2D eigenvalue weighted by atomic mass is 9.94.